The summed E-state index contributed by atoms with van der Waals surface area (Å²) in [4.78, 5) is 12.3. The zero-order valence-corrected chi connectivity index (χ0v) is 14.5. The number of hydrogen-bond donors (Lipinski definition) is 1. The quantitative estimate of drug-likeness (QED) is 0.861. The van der Waals surface area contributed by atoms with Crippen molar-refractivity contribution in [1.29, 1.82) is 0 Å². The fraction of sp³-hybridized carbons (Fsp3) is 0.278. The molecule has 2 aromatic carbocycles. The summed E-state index contributed by atoms with van der Waals surface area (Å²) in [6.45, 7) is 1.76. The number of carbonyl (C=O) groups excluding carboxylic acids is 1. The maximum absolute atomic E-state index is 12.3. The molecule has 0 bridgehead atoms. The van der Waals surface area contributed by atoms with Gasteiger partial charge in [0.1, 0.15) is 5.75 Å². The number of benzene rings is 2. The van der Waals surface area contributed by atoms with Crippen LogP contribution in [-0.2, 0) is 4.79 Å². The molecule has 1 saturated heterocycles. The molecule has 0 aromatic heterocycles. The van der Waals surface area contributed by atoms with Crippen LogP contribution in [0.25, 0.3) is 0 Å². The number of nitrogens with one attached hydrogen (secondary N) is 1. The van der Waals surface area contributed by atoms with E-state index in [0.29, 0.717) is 10.3 Å². The number of thioether (sulfide) groups is 2. The Morgan fingerprint density at radius 3 is 2.61 bits per heavy atom. The van der Waals surface area contributed by atoms with E-state index in [-0.39, 0.29) is 5.91 Å². The normalized spacial score (nSPS) is 16.0. The van der Waals surface area contributed by atoms with Gasteiger partial charge in [0.2, 0.25) is 0 Å². The zero-order valence-electron chi connectivity index (χ0n) is 12.9. The molecule has 3 nitrogen and oxygen atoms in total. The maximum atomic E-state index is 12.3. The number of hydrogen-bond acceptors (Lipinski definition) is 4. The van der Waals surface area contributed by atoms with Crippen LogP contribution in [0.2, 0.25) is 0 Å². The van der Waals surface area contributed by atoms with E-state index in [2.05, 4.69) is 17.4 Å². The third-order valence-corrected chi connectivity index (χ3v) is 6.58. The van der Waals surface area contributed by atoms with E-state index in [4.69, 9.17) is 4.74 Å². The average Bonchev–Trinajstić information content (AvgIpc) is 3.10. The first kappa shape index (κ1) is 16.3. The molecule has 0 saturated carbocycles. The lowest BCUT2D eigenvalue weighted by Gasteiger charge is -2.16. The molecular formula is C18H19NO2S2. The SMILES string of the molecule is CC(Oc1ccccc1)C(=O)Nc1cccc(C2SCCS2)c1. The zero-order chi connectivity index (χ0) is 16.1. The molecule has 120 valence electrons. The minimum absolute atomic E-state index is 0.141. The molecule has 1 aliphatic heterocycles. The van der Waals surface area contributed by atoms with Crippen LogP contribution in [0.5, 0.6) is 5.75 Å². The van der Waals surface area contributed by atoms with Gasteiger partial charge in [-0.2, -0.15) is 0 Å². The van der Waals surface area contributed by atoms with E-state index in [1.807, 2.05) is 66.0 Å². The summed E-state index contributed by atoms with van der Waals surface area (Å²) in [7, 11) is 0. The van der Waals surface area contributed by atoms with Gasteiger partial charge in [0.15, 0.2) is 6.10 Å². The summed E-state index contributed by atoms with van der Waals surface area (Å²) in [5.74, 6) is 2.93. The first-order chi connectivity index (χ1) is 11.2. The highest BCUT2D eigenvalue weighted by atomic mass is 32.2. The minimum atomic E-state index is -0.545. The Bertz CT molecular complexity index is 657. The van der Waals surface area contributed by atoms with Gasteiger partial charge in [0.25, 0.3) is 5.91 Å². The van der Waals surface area contributed by atoms with Crippen LogP contribution in [0.4, 0.5) is 5.69 Å². The Hall–Kier alpha value is -1.59. The molecule has 0 aliphatic carbocycles. The molecule has 1 atom stereocenters. The van der Waals surface area contributed by atoms with Crippen LogP contribution in [0, 0.1) is 0 Å². The van der Waals surface area contributed by atoms with Crippen molar-refractivity contribution in [3.05, 3.63) is 60.2 Å². The van der Waals surface area contributed by atoms with Gasteiger partial charge in [-0.1, -0.05) is 30.3 Å². The Morgan fingerprint density at radius 2 is 1.87 bits per heavy atom. The standard InChI is InChI=1S/C18H19NO2S2/c1-13(21-16-8-3-2-4-9-16)17(20)19-15-7-5-6-14(12-15)18-22-10-11-23-18/h2-9,12-13,18H,10-11H2,1H3,(H,19,20). The number of ether oxygens (including phenoxy) is 1. The summed E-state index contributed by atoms with van der Waals surface area (Å²) in [6.07, 6.45) is -0.545. The first-order valence-electron chi connectivity index (χ1n) is 7.58. The number of rotatable bonds is 5. The lowest BCUT2D eigenvalue weighted by atomic mass is 10.2. The number of carbonyl (C=O) groups is 1. The highest BCUT2D eigenvalue weighted by molar-refractivity contribution is 8.19. The highest BCUT2D eigenvalue weighted by Gasteiger charge is 2.19. The first-order valence-corrected chi connectivity index (χ1v) is 9.68. The molecular weight excluding hydrogens is 326 g/mol. The van der Waals surface area contributed by atoms with Gasteiger partial charge < -0.3 is 10.1 Å². The molecule has 0 radical (unpaired) electrons. The topological polar surface area (TPSA) is 38.3 Å². The van der Waals surface area contributed by atoms with Crippen LogP contribution in [0.15, 0.2) is 54.6 Å². The van der Waals surface area contributed by atoms with Crippen molar-refractivity contribution in [1.82, 2.24) is 0 Å². The second-order valence-corrected chi connectivity index (χ2v) is 7.99. The molecule has 1 amide bonds. The Kier molecular flexibility index (Phi) is 5.51. The minimum Gasteiger partial charge on any atom is -0.481 e. The van der Waals surface area contributed by atoms with Crippen LogP contribution < -0.4 is 10.1 Å². The molecule has 0 spiro atoms. The number of amides is 1. The predicted molar refractivity (Wildman–Crippen MR) is 99.3 cm³/mol. The molecule has 23 heavy (non-hydrogen) atoms. The van der Waals surface area contributed by atoms with E-state index >= 15 is 0 Å². The van der Waals surface area contributed by atoms with Crippen LogP contribution >= 0.6 is 23.5 Å². The third kappa shape index (κ3) is 4.45. The Labute approximate surface area is 145 Å². The molecule has 1 N–H and O–H groups in total. The van der Waals surface area contributed by atoms with Gasteiger partial charge in [0, 0.05) is 17.2 Å². The van der Waals surface area contributed by atoms with E-state index in [1.165, 1.54) is 17.1 Å². The summed E-state index contributed by atoms with van der Waals surface area (Å²) in [6, 6.07) is 17.5. The summed E-state index contributed by atoms with van der Waals surface area (Å²) in [5.41, 5.74) is 2.08. The van der Waals surface area contributed by atoms with Crippen molar-refractivity contribution in [2.24, 2.45) is 0 Å². The predicted octanol–water partition coefficient (Wildman–Crippen LogP) is 4.57. The van der Waals surface area contributed by atoms with Gasteiger partial charge in [-0.15, -0.1) is 23.5 Å². The molecule has 1 heterocycles. The van der Waals surface area contributed by atoms with Gasteiger partial charge >= 0.3 is 0 Å². The molecule has 1 aliphatic rings. The van der Waals surface area contributed by atoms with Crippen molar-refractivity contribution >= 4 is 35.1 Å². The number of anilines is 1. The second kappa shape index (κ2) is 7.79. The van der Waals surface area contributed by atoms with Crippen LogP contribution in [-0.4, -0.2) is 23.5 Å². The molecule has 1 unspecified atom stereocenters. The van der Waals surface area contributed by atoms with Crippen LogP contribution in [0.1, 0.15) is 17.1 Å². The van der Waals surface area contributed by atoms with E-state index in [0.717, 1.165) is 5.69 Å². The van der Waals surface area contributed by atoms with E-state index in [9.17, 15) is 4.79 Å². The van der Waals surface area contributed by atoms with Crippen molar-refractivity contribution < 1.29 is 9.53 Å². The van der Waals surface area contributed by atoms with Gasteiger partial charge in [-0.05, 0) is 36.8 Å². The summed E-state index contributed by atoms with van der Waals surface area (Å²) in [5, 5.41) is 2.94. The van der Waals surface area contributed by atoms with Crippen molar-refractivity contribution in [3.63, 3.8) is 0 Å². The van der Waals surface area contributed by atoms with Crippen molar-refractivity contribution in [2.75, 3.05) is 16.8 Å². The molecule has 2 aromatic rings. The smallest absolute Gasteiger partial charge is 0.265 e. The van der Waals surface area contributed by atoms with E-state index < -0.39 is 6.10 Å². The lowest BCUT2D eigenvalue weighted by Crippen LogP contribution is -2.30. The third-order valence-electron chi connectivity index (χ3n) is 3.47. The average molecular weight is 345 g/mol. The highest BCUT2D eigenvalue weighted by Crippen LogP contribution is 2.45. The van der Waals surface area contributed by atoms with Gasteiger partial charge in [-0.25, -0.2) is 0 Å². The fourth-order valence-electron chi connectivity index (χ4n) is 2.31. The van der Waals surface area contributed by atoms with E-state index in [1.54, 1.807) is 6.92 Å². The van der Waals surface area contributed by atoms with Gasteiger partial charge in [0.05, 0.1) is 4.58 Å². The van der Waals surface area contributed by atoms with Crippen molar-refractivity contribution in [3.8, 4) is 5.75 Å². The molecule has 3 rings (SSSR count). The molecule has 1 fully saturated rings. The summed E-state index contributed by atoms with van der Waals surface area (Å²) >= 11 is 3.91. The summed E-state index contributed by atoms with van der Waals surface area (Å²) < 4.78 is 6.13. The largest absolute Gasteiger partial charge is 0.481 e. The molecule has 5 heteroatoms. The fourth-order valence-corrected chi connectivity index (χ4v) is 5.15. The van der Waals surface area contributed by atoms with Crippen molar-refractivity contribution in [2.45, 2.75) is 17.6 Å². The second-order valence-electron chi connectivity index (χ2n) is 5.26. The maximum Gasteiger partial charge on any atom is 0.265 e. The lowest BCUT2D eigenvalue weighted by molar-refractivity contribution is -0.122. The Balaban J connectivity index is 1.62. The monoisotopic (exact) mass is 345 g/mol. The Morgan fingerprint density at radius 1 is 1.13 bits per heavy atom. The van der Waals surface area contributed by atoms with Gasteiger partial charge in [-0.3, -0.25) is 4.79 Å². The number of para-hydroxylation sites is 1. The van der Waals surface area contributed by atoms with Crippen LogP contribution in [0.3, 0.4) is 0 Å².